The molecule has 0 saturated carbocycles. The van der Waals surface area contributed by atoms with E-state index in [-0.39, 0.29) is 28.6 Å². The molecule has 1 amide bonds. The van der Waals surface area contributed by atoms with Crippen molar-refractivity contribution >= 4 is 94.5 Å². The zero-order chi connectivity index (χ0) is 61.5. The fourth-order valence-corrected chi connectivity index (χ4v) is 44.5. The van der Waals surface area contributed by atoms with Crippen molar-refractivity contribution in [2.24, 2.45) is 0 Å². The van der Waals surface area contributed by atoms with E-state index in [1.165, 1.54) is 0 Å². The number of nitrogens with one attached hydrogen (secondary N) is 1. The fraction of sp³-hybridized carbons (Fsp3) is 0.516. The Kier molecular flexibility index (Phi) is 24.1. The molecule has 2 radical (unpaired) electrons. The maximum atomic E-state index is 12.6. The number of hydrogen-bond donors (Lipinski definition) is 1. The third-order valence-electron chi connectivity index (χ3n) is 15.0. The van der Waals surface area contributed by atoms with E-state index in [1.54, 1.807) is 26.0 Å². The summed E-state index contributed by atoms with van der Waals surface area (Å²) in [6.45, 7) is 67.2. The van der Waals surface area contributed by atoms with Crippen molar-refractivity contribution in [3.8, 4) is 23.0 Å². The number of β-lactam (4-membered cyclic amide) rings is 1. The average molecular weight is 1300 g/mol. The van der Waals surface area contributed by atoms with E-state index in [1.807, 2.05) is 73.7 Å². The summed E-state index contributed by atoms with van der Waals surface area (Å²) in [6.07, 6.45) is 0. The number of amides is 1. The Hall–Kier alpha value is -3.68. The van der Waals surface area contributed by atoms with E-state index in [4.69, 9.17) is 23.1 Å². The van der Waals surface area contributed by atoms with Crippen LogP contribution in [0.3, 0.4) is 0 Å². The van der Waals surface area contributed by atoms with Gasteiger partial charge in [0.2, 0.25) is 16.6 Å². The second kappa shape index (κ2) is 27.4. The Labute approximate surface area is 503 Å². The van der Waals surface area contributed by atoms with Crippen molar-refractivity contribution in [1.29, 1.82) is 0 Å². The number of anilines is 2. The van der Waals surface area contributed by atoms with Crippen molar-refractivity contribution in [3.05, 3.63) is 131 Å². The van der Waals surface area contributed by atoms with E-state index in [0.717, 1.165) is 56.6 Å². The Bertz CT molecular complexity index is 2730. The standard InChI is InChI=1S/C26H37NO4Si.C24H31NO3Si.2C6H18NSi2.Sn/c1-10-30-25(28)19(3)24(27-21-12-11-13-22(17-21)29-7)20-15-14-18(2)23(16-20)31-32(8,9)26(4,5)6;1-16-12-13-18(14-21(16)28-29(7,8)24(3,4)5)22-17(2)23(26)25(22)19-10-9-11-20(15-19)27-6;2*1-8(2,3)7-9(4,5)6;/h11-17,24,27H,3,10H2,1-2,4-9H3;9-15,22H,2H2,1,3-8H3;2*1-6H3;/q;;2*-1;+2/t24-;22-;;;/m11.../s1. The third kappa shape index (κ3) is 18.9. The van der Waals surface area contributed by atoms with E-state index in [0.29, 0.717) is 11.1 Å². The van der Waals surface area contributed by atoms with Crippen LogP contribution in [0.15, 0.2) is 109 Å². The molecular formula is C62H104N4O7Si6Sn. The normalized spacial score (nSPS) is 15.0. The molecule has 2 atom stereocenters. The third-order valence-corrected chi connectivity index (χ3v) is 63.9. The molecule has 5 rings (SSSR count). The van der Waals surface area contributed by atoms with Gasteiger partial charge in [0.25, 0.3) is 5.91 Å². The van der Waals surface area contributed by atoms with Crippen LogP contribution in [-0.2, 0) is 14.3 Å². The summed E-state index contributed by atoms with van der Waals surface area (Å²) in [6, 6.07) is 26.7. The summed E-state index contributed by atoms with van der Waals surface area (Å²) < 4.78 is 35.3. The zero-order valence-electron chi connectivity index (χ0n) is 54.6. The number of rotatable bonds is 20. The van der Waals surface area contributed by atoms with Gasteiger partial charge in [0.1, 0.15) is 23.0 Å². The van der Waals surface area contributed by atoms with Gasteiger partial charge in [-0.2, -0.15) is 0 Å². The number of esters is 1. The van der Waals surface area contributed by atoms with E-state index in [2.05, 4.69) is 195 Å². The van der Waals surface area contributed by atoms with Crippen LogP contribution in [0.5, 0.6) is 23.0 Å². The minimum absolute atomic E-state index is 0.0595. The van der Waals surface area contributed by atoms with Gasteiger partial charge in [-0.1, -0.05) is 91.1 Å². The average Bonchev–Trinajstić information content (AvgIpc) is 3.31. The van der Waals surface area contributed by atoms with Crippen molar-refractivity contribution in [2.45, 2.75) is 189 Å². The van der Waals surface area contributed by atoms with Gasteiger partial charge in [-0.3, -0.25) is 9.69 Å². The number of nitrogens with zero attached hydrogens (tertiary/aromatic N) is 3. The van der Waals surface area contributed by atoms with Crippen LogP contribution in [0, 0.1) is 13.8 Å². The first-order valence-corrected chi connectivity index (χ1v) is 50.4. The Morgan fingerprint density at radius 1 is 0.650 bits per heavy atom. The van der Waals surface area contributed by atoms with Crippen LogP contribution in [0.25, 0.3) is 0 Å². The number of carbonyl (C=O) groups excluding carboxylic acids is 2. The minimum atomic E-state index is -2.03. The number of methoxy groups -OCH3 is 2. The molecule has 0 aliphatic carbocycles. The van der Waals surface area contributed by atoms with Gasteiger partial charge in [-0.05, 0) is 116 Å². The first-order chi connectivity index (χ1) is 36.3. The summed E-state index contributed by atoms with van der Waals surface area (Å²) in [5.74, 6) is 2.69. The predicted octanol–water partition coefficient (Wildman–Crippen LogP) is 17.2. The second-order valence-corrected chi connectivity index (χ2v) is 65.8. The molecule has 1 fully saturated rings. The molecule has 4 aromatic rings. The van der Waals surface area contributed by atoms with Gasteiger partial charge in [-0.25, -0.2) is 4.79 Å². The first kappa shape index (κ1) is 70.6. The Balaban J connectivity index is 0.000000326. The fourth-order valence-electron chi connectivity index (χ4n) is 8.82. The van der Waals surface area contributed by atoms with E-state index >= 15 is 0 Å². The van der Waals surface area contributed by atoms with Gasteiger partial charge < -0.3 is 28.4 Å². The van der Waals surface area contributed by atoms with Crippen LogP contribution < -0.4 is 28.5 Å². The topological polar surface area (TPSA) is 102 Å². The summed E-state index contributed by atoms with van der Waals surface area (Å²) in [5, 5.41) is 3.61. The second-order valence-electron chi connectivity index (χ2n) is 28.1. The summed E-state index contributed by atoms with van der Waals surface area (Å²) in [5.41, 5.74) is 6.59. The molecule has 0 aromatic heterocycles. The van der Waals surface area contributed by atoms with Gasteiger partial charge in [0.15, 0.2) is 0 Å². The van der Waals surface area contributed by atoms with Gasteiger partial charge >= 0.3 is 144 Å². The number of carbonyl (C=O) groups is 2. The number of hydrogen-bond acceptors (Lipinski definition) is 10. The van der Waals surface area contributed by atoms with Crippen LogP contribution >= 0.6 is 0 Å². The molecule has 442 valence electrons. The maximum absolute atomic E-state index is 12.6. The molecule has 1 heterocycles. The van der Waals surface area contributed by atoms with Crippen molar-refractivity contribution in [1.82, 2.24) is 4.91 Å². The van der Waals surface area contributed by atoms with Crippen LogP contribution in [0.4, 0.5) is 11.4 Å². The SMILES string of the molecule is C=C(C(=O)OCC)[C@@H](Nc1cccc(OC)c1)c1ccc(C)c(O[Si](C)(C)C(C)(C)C)c1.C=C1C(=O)N(c2cccc(OC)c2)[C@H]1c1ccc(C)c(O[Si](C)(C)C(C)(C)C)c1.C[Si](C)(C)[N]([Sn][N]([Si](C)(C)C)[Si](C)(C)C)[Si](C)(C)C. The van der Waals surface area contributed by atoms with Crippen LogP contribution in [0.1, 0.15) is 82.8 Å². The Morgan fingerprint density at radius 3 is 1.52 bits per heavy atom. The van der Waals surface area contributed by atoms with Crippen LogP contribution in [0.2, 0.25) is 115 Å². The molecule has 1 aliphatic heterocycles. The molecule has 1 aliphatic rings. The molecule has 0 spiro atoms. The van der Waals surface area contributed by atoms with Crippen LogP contribution in [-0.4, -0.2) is 109 Å². The predicted molar refractivity (Wildman–Crippen MR) is 358 cm³/mol. The van der Waals surface area contributed by atoms with Crippen molar-refractivity contribution in [3.63, 3.8) is 0 Å². The molecule has 18 heteroatoms. The summed E-state index contributed by atoms with van der Waals surface area (Å²) in [7, 11) is -5.43. The summed E-state index contributed by atoms with van der Waals surface area (Å²) >= 11 is -0.599. The molecule has 1 saturated heterocycles. The summed E-state index contributed by atoms with van der Waals surface area (Å²) in [4.78, 5) is 27.0. The molecular weight excluding hydrogens is 1200 g/mol. The molecule has 0 unspecified atom stereocenters. The quantitative estimate of drug-likeness (QED) is 0.0398. The molecule has 1 N–H and O–H groups in total. The molecule has 0 bridgehead atoms. The molecule has 80 heavy (non-hydrogen) atoms. The van der Waals surface area contributed by atoms with E-state index in [9.17, 15) is 9.59 Å². The van der Waals surface area contributed by atoms with Crippen molar-refractivity contribution < 1.29 is 32.7 Å². The van der Waals surface area contributed by atoms with Crippen molar-refractivity contribution in [2.75, 3.05) is 31.0 Å². The molecule has 11 nitrogen and oxygen atoms in total. The number of ether oxygens (including phenoxy) is 3. The van der Waals surface area contributed by atoms with Gasteiger partial charge in [0.05, 0.1) is 38.5 Å². The van der Waals surface area contributed by atoms with Gasteiger partial charge in [-0.15, -0.1) is 0 Å². The molecule has 4 aromatic carbocycles. The van der Waals surface area contributed by atoms with E-state index < -0.39 is 83.3 Å². The Morgan fingerprint density at radius 2 is 1.09 bits per heavy atom. The van der Waals surface area contributed by atoms with Gasteiger partial charge in [0, 0.05) is 29.1 Å². The number of aryl methyl sites for hydroxylation is 2. The monoisotopic (exact) mass is 1300 g/mol. The zero-order valence-corrected chi connectivity index (χ0v) is 63.4. The number of benzene rings is 4. The first-order valence-electron chi connectivity index (χ1n) is 28.2.